The van der Waals surface area contributed by atoms with Crippen molar-refractivity contribution in [3.8, 4) is 5.75 Å². The zero-order chi connectivity index (χ0) is 27.0. The van der Waals surface area contributed by atoms with Crippen LogP contribution in [0.5, 0.6) is 5.75 Å². The number of hydrogen-bond acceptors (Lipinski definition) is 6. The number of alkyl halides is 3. The molecule has 3 heterocycles. The van der Waals surface area contributed by atoms with Gasteiger partial charge in [-0.1, -0.05) is 12.1 Å². The summed E-state index contributed by atoms with van der Waals surface area (Å²) in [5.74, 6) is -2.60. The molecular formula is C24H27F4N5O4. The van der Waals surface area contributed by atoms with E-state index in [0.29, 0.717) is 36.1 Å². The van der Waals surface area contributed by atoms with Gasteiger partial charge in [-0.25, -0.2) is 9.37 Å². The minimum absolute atomic E-state index is 0.00976. The van der Waals surface area contributed by atoms with Crippen molar-refractivity contribution in [2.45, 2.75) is 50.5 Å². The third-order valence-electron chi connectivity index (χ3n) is 6.97. The molecule has 0 radical (unpaired) electrons. The Balaban J connectivity index is 1.61. The SMILES string of the molecule is CN(CC(F)(F)F)C(=O)CNC12CCC(CC1)Cn1c2nc(C(=O)NCc2ccc(F)cc2)c(O)c1=O. The third kappa shape index (κ3) is 5.76. The van der Waals surface area contributed by atoms with Gasteiger partial charge in [0.25, 0.3) is 11.5 Å². The Morgan fingerprint density at radius 3 is 2.49 bits per heavy atom. The molecule has 0 unspecified atom stereocenters. The summed E-state index contributed by atoms with van der Waals surface area (Å²) in [4.78, 5) is 43.3. The molecule has 3 N–H and O–H groups in total. The lowest BCUT2D eigenvalue weighted by Crippen LogP contribution is -2.51. The summed E-state index contributed by atoms with van der Waals surface area (Å²) in [6, 6.07) is 5.40. The van der Waals surface area contributed by atoms with Crippen LogP contribution in [0.4, 0.5) is 17.6 Å². The van der Waals surface area contributed by atoms with Crippen molar-refractivity contribution in [1.29, 1.82) is 0 Å². The Labute approximate surface area is 209 Å². The number of carbonyl (C=O) groups is 2. The topological polar surface area (TPSA) is 117 Å². The summed E-state index contributed by atoms with van der Waals surface area (Å²) in [5.41, 5.74) is -1.76. The first-order valence-electron chi connectivity index (χ1n) is 11.8. The van der Waals surface area contributed by atoms with Crippen molar-refractivity contribution in [3.63, 3.8) is 0 Å². The average molecular weight is 526 g/mol. The zero-order valence-corrected chi connectivity index (χ0v) is 20.1. The van der Waals surface area contributed by atoms with Crippen LogP contribution in [0.3, 0.4) is 0 Å². The molecule has 5 rings (SSSR count). The number of amides is 2. The van der Waals surface area contributed by atoms with E-state index in [1.54, 1.807) is 0 Å². The van der Waals surface area contributed by atoms with Gasteiger partial charge in [0.15, 0.2) is 5.69 Å². The van der Waals surface area contributed by atoms with Gasteiger partial charge in [-0.3, -0.25) is 24.3 Å². The van der Waals surface area contributed by atoms with Gasteiger partial charge >= 0.3 is 6.18 Å². The van der Waals surface area contributed by atoms with E-state index in [-0.39, 0.29) is 24.8 Å². The highest BCUT2D eigenvalue weighted by Gasteiger charge is 2.45. The summed E-state index contributed by atoms with van der Waals surface area (Å²) < 4.78 is 52.6. The zero-order valence-electron chi connectivity index (χ0n) is 20.1. The molecule has 1 saturated carbocycles. The highest BCUT2D eigenvalue weighted by molar-refractivity contribution is 5.94. The Kier molecular flexibility index (Phi) is 7.27. The number of nitrogens with zero attached hydrogens (tertiary/aromatic N) is 3. The van der Waals surface area contributed by atoms with E-state index in [2.05, 4.69) is 15.6 Å². The summed E-state index contributed by atoms with van der Waals surface area (Å²) in [6.07, 6.45) is -2.33. The van der Waals surface area contributed by atoms with Crippen LogP contribution in [0, 0.1) is 11.7 Å². The van der Waals surface area contributed by atoms with Crippen molar-refractivity contribution in [2.75, 3.05) is 20.1 Å². The molecule has 1 aromatic heterocycles. The van der Waals surface area contributed by atoms with Crippen LogP contribution in [0.25, 0.3) is 0 Å². The molecule has 2 aliphatic heterocycles. The number of aromatic hydroxyl groups is 1. The maximum atomic E-state index is 13.1. The molecule has 0 spiro atoms. The first-order chi connectivity index (χ1) is 17.4. The van der Waals surface area contributed by atoms with Gasteiger partial charge in [0.2, 0.25) is 11.7 Å². The van der Waals surface area contributed by atoms with Gasteiger partial charge in [0.05, 0.1) is 12.1 Å². The van der Waals surface area contributed by atoms with Gasteiger partial charge in [0, 0.05) is 20.1 Å². The number of carbonyl (C=O) groups excluding carboxylic acids is 2. The fraction of sp³-hybridized carbons (Fsp3) is 0.500. The number of hydrogen-bond donors (Lipinski definition) is 3. The summed E-state index contributed by atoms with van der Waals surface area (Å²) in [5, 5.41) is 16.1. The number of halogens is 4. The molecule has 2 amide bonds. The summed E-state index contributed by atoms with van der Waals surface area (Å²) in [7, 11) is 1.05. The third-order valence-corrected chi connectivity index (χ3v) is 6.97. The second-order valence-electron chi connectivity index (χ2n) is 9.60. The van der Waals surface area contributed by atoms with E-state index in [9.17, 15) is 37.1 Å². The number of rotatable bonds is 7. The molecule has 3 aliphatic rings. The lowest BCUT2D eigenvalue weighted by molar-refractivity contribution is -0.158. The minimum Gasteiger partial charge on any atom is -0.501 e. The minimum atomic E-state index is -4.54. The Bertz CT molecular complexity index is 1240. The smallest absolute Gasteiger partial charge is 0.406 e. The van der Waals surface area contributed by atoms with Crippen LogP contribution in [0.2, 0.25) is 0 Å². The molecule has 13 heteroatoms. The van der Waals surface area contributed by atoms with Gasteiger partial charge in [-0.05, 0) is 49.3 Å². The molecule has 9 nitrogen and oxygen atoms in total. The number of fused-ring (bicyclic) bond motifs is 2. The Hall–Kier alpha value is -3.48. The van der Waals surface area contributed by atoms with E-state index in [0.717, 1.165) is 7.05 Å². The van der Waals surface area contributed by atoms with E-state index >= 15 is 0 Å². The quantitative estimate of drug-likeness (QED) is 0.477. The lowest BCUT2D eigenvalue weighted by Gasteiger charge is -2.37. The molecular weight excluding hydrogens is 498 g/mol. The van der Waals surface area contributed by atoms with E-state index in [4.69, 9.17) is 0 Å². The van der Waals surface area contributed by atoms with E-state index in [1.165, 1.54) is 28.8 Å². The van der Waals surface area contributed by atoms with Crippen molar-refractivity contribution < 1.29 is 32.3 Å². The van der Waals surface area contributed by atoms with Crippen LogP contribution in [-0.2, 0) is 23.4 Å². The maximum absolute atomic E-state index is 13.1. The largest absolute Gasteiger partial charge is 0.501 e. The first-order valence-corrected chi connectivity index (χ1v) is 11.8. The molecule has 2 aromatic rings. The molecule has 2 bridgehead atoms. The highest BCUT2D eigenvalue weighted by atomic mass is 19.4. The maximum Gasteiger partial charge on any atom is 0.406 e. The Morgan fingerprint density at radius 2 is 1.86 bits per heavy atom. The number of likely N-dealkylation sites (N-methyl/N-ethyl adjacent to an activating group) is 1. The lowest BCUT2D eigenvalue weighted by atomic mass is 9.77. The molecule has 1 fully saturated rings. The van der Waals surface area contributed by atoms with Crippen LogP contribution in [-0.4, -0.2) is 57.7 Å². The number of aromatic nitrogens is 2. The van der Waals surface area contributed by atoms with Crippen LogP contribution >= 0.6 is 0 Å². The number of nitrogens with one attached hydrogen (secondary N) is 2. The highest BCUT2D eigenvalue weighted by Crippen LogP contribution is 2.42. The standard InChI is InChI=1S/C24H27F4N5O4/c1-32(13-24(26,27)28)17(34)11-30-23-8-6-15(7-9-23)12-33-21(37)19(35)18(31-22(23)33)20(36)29-10-14-2-4-16(25)5-3-14/h2-5,15,30,35H,6-13H2,1H3,(H,29,36). The average Bonchev–Trinajstić information content (AvgIpc) is 3.09. The fourth-order valence-electron chi connectivity index (χ4n) is 4.93. The molecule has 1 aromatic carbocycles. The van der Waals surface area contributed by atoms with Crippen LogP contribution in [0.15, 0.2) is 29.1 Å². The number of benzene rings is 1. The molecule has 1 aliphatic carbocycles. The Morgan fingerprint density at radius 1 is 1.22 bits per heavy atom. The van der Waals surface area contributed by atoms with Crippen molar-refractivity contribution in [1.82, 2.24) is 25.1 Å². The second kappa shape index (κ2) is 10.1. The van der Waals surface area contributed by atoms with Crippen LogP contribution in [0.1, 0.15) is 47.6 Å². The molecule has 37 heavy (non-hydrogen) atoms. The normalized spacial score (nSPS) is 20.7. The molecule has 0 atom stereocenters. The summed E-state index contributed by atoms with van der Waals surface area (Å²) >= 11 is 0. The van der Waals surface area contributed by atoms with Crippen molar-refractivity contribution >= 4 is 11.8 Å². The van der Waals surface area contributed by atoms with Crippen molar-refractivity contribution in [2.24, 2.45) is 5.92 Å². The molecule has 0 saturated heterocycles. The monoisotopic (exact) mass is 525 g/mol. The summed E-state index contributed by atoms with van der Waals surface area (Å²) in [6.45, 7) is -1.58. The predicted molar refractivity (Wildman–Crippen MR) is 123 cm³/mol. The molecule has 200 valence electrons. The van der Waals surface area contributed by atoms with Gasteiger partial charge < -0.3 is 15.3 Å². The second-order valence-corrected chi connectivity index (χ2v) is 9.60. The van der Waals surface area contributed by atoms with Gasteiger partial charge in [-0.15, -0.1) is 0 Å². The van der Waals surface area contributed by atoms with E-state index < -0.39 is 59.4 Å². The van der Waals surface area contributed by atoms with Gasteiger partial charge in [-0.2, -0.15) is 13.2 Å². The predicted octanol–water partition coefficient (Wildman–Crippen LogP) is 2.03. The fourth-order valence-corrected chi connectivity index (χ4v) is 4.93. The first kappa shape index (κ1) is 26.6. The van der Waals surface area contributed by atoms with Gasteiger partial charge in [0.1, 0.15) is 18.2 Å². The van der Waals surface area contributed by atoms with Crippen LogP contribution < -0.4 is 16.2 Å². The van der Waals surface area contributed by atoms with Crippen molar-refractivity contribution in [3.05, 3.63) is 57.5 Å². The van der Waals surface area contributed by atoms with E-state index in [1.807, 2.05) is 0 Å².